The van der Waals surface area contributed by atoms with Crippen LogP contribution in [0.25, 0.3) is 10.9 Å². The zero-order chi connectivity index (χ0) is 14.5. The number of hydrogen-bond acceptors (Lipinski definition) is 5. The fourth-order valence-corrected chi connectivity index (χ4v) is 3.23. The molecule has 0 aliphatic rings. The first-order valence-corrected chi connectivity index (χ1v) is 7.72. The Morgan fingerprint density at radius 3 is 2.70 bits per heavy atom. The molecule has 0 saturated heterocycles. The number of aliphatic hydroxyl groups excluding tert-OH is 1. The summed E-state index contributed by atoms with van der Waals surface area (Å²) >= 11 is 1.54. The normalized spacial score (nSPS) is 14.7. The Morgan fingerprint density at radius 2 is 2.00 bits per heavy atom. The second-order valence-corrected chi connectivity index (χ2v) is 6.56. The second kappa shape index (κ2) is 7.02. The van der Waals surface area contributed by atoms with Crippen LogP contribution in [-0.2, 0) is 0 Å². The maximum absolute atomic E-state index is 9.60. The number of thioether (sulfide) groups is 1. The number of hydrogen-bond donors (Lipinski definition) is 2. The van der Waals surface area contributed by atoms with Crippen LogP contribution in [0.1, 0.15) is 20.3 Å². The van der Waals surface area contributed by atoms with E-state index in [0.29, 0.717) is 5.92 Å². The molecule has 0 aliphatic carbocycles. The van der Waals surface area contributed by atoms with Crippen molar-refractivity contribution in [3.8, 4) is 0 Å². The first-order chi connectivity index (χ1) is 9.61. The third-order valence-corrected chi connectivity index (χ3v) is 4.52. The highest BCUT2D eigenvalue weighted by Crippen LogP contribution is 2.30. The molecule has 1 heterocycles. The lowest BCUT2D eigenvalue weighted by Gasteiger charge is -2.23. The third-order valence-electron chi connectivity index (χ3n) is 3.17. The predicted molar refractivity (Wildman–Crippen MR) is 83.7 cm³/mol. The Labute approximate surface area is 123 Å². The Balaban J connectivity index is 2.21. The number of rotatable bonds is 6. The summed E-state index contributed by atoms with van der Waals surface area (Å²) in [7, 11) is 0. The van der Waals surface area contributed by atoms with Crippen molar-refractivity contribution in [3.05, 3.63) is 30.6 Å². The van der Waals surface area contributed by atoms with Crippen molar-refractivity contribution in [2.24, 2.45) is 11.7 Å². The standard InChI is InChI=1S/C15H21N3OS/c1-10(2)7-12(16)14(8-19)20-15-11-5-3-4-6-13(11)17-9-18-15/h3-6,9-10,12,14,19H,7-8,16H2,1-2H3. The fraction of sp³-hybridized carbons (Fsp3) is 0.467. The van der Waals surface area contributed by atoms with Gasteiger partial charge >= 0.3 is 0 Å². The van der Waals surface area contributed by atoms with Crippen LogP contribution in [0, 0.1) is 5.92 Å². The van der Waals surface area contributed by atoms with E-state index in [1.807, 2.05) is 24.3 Å². The van der Waals surface area contributed by atoms with Crippen molar-refractivity contribution in [1.82, 2.24) is 9.97 Å². The van der Waals surface area contributed by atoms with E-state index in [0.717, 1.165) is 22.3 Å². The minimum Gasteiger partial charge on any atom is -0.395 e. The van der Waals surface area contributed by atoms with Crippen LogP contribution in [0.4, 0.5) is 0 Å². The second-order valence-electron chi connectivity index (χ2n) is 5.33. The van der Waals surface area contributed by atoms with Gasteiger partial charge in [-0.15, -0.1) is 0 Å². The molecule has 0 amide bonds. The molecule has 0 bridgehead atoms. The number of benzene rings is 1. The molecule has 3 N–H and O–H groups in total. The summed E-state index contributed by atoms with van der Waals surface area (Å²) in [6.45, 7) is 4.33. The minimum absolute atomic E-state index is 0.0428. The first kappa shape index (κ1) is 15.2. The van der Waals surface area contributed by atoms with Gasteiger partial charge in [0.1, 0.15) is 11.4 Å². The SMILES string of the molecule is CC(C)CC(N)C(CO)Sc1ncnc2ccccc12. The summed E-state index contributed by atoms with van der Waals surface area (Å²) in [6.07, 6.45) is 2.45. The molecule has 1 aromatic carbocycles. The summed E-state index contributed by atoms with van der Waals surface area (Å²) in [5, 5.41) is 11.4. The molecule has 5 heteroatoms. The van der Waals surface area contributed by atoms with Gasteiger partial charge in [-0.3, -0.25) is 0 Å². The molecule has 0 radical (unpaired) electrons. The fourth-order valence-electron chi connectivity index (χ4n) is 2.17. The lowest BCUT2D eigenvalue weighted by atomic mass is 10.0. The van der Waals surface area contributed by atoms with Crippen molar-refractivity contribution < 1.29 is 5.11 Å². The van der Waals surface area contributed by atoms with E-state index >= 15 is 0 Å². The lowest BCUT2D eigenvalue weighted by Crippen LogP contribution is -2.36. The zero-order valence-electron chi connectivity index (χ0n) is 11.9. The molecular weight excluding hydrogens is 270 g/mol. The number of nitrogens with two attached hydrogens (primary N) is 1. The van der Waals surface area contributed by atoms with Crippen LogP contribution in [-0.4, -0.2) is 33.0 Å². The quantitative estimate of drug-likeness (QED) is 0.632. The molecule has 0 saturated carbocycles. The smallest absolute Gasteiger partial charge is 0.117 e. The van der Waals surface area contributed by atoms with Gasteiger partial charge < -0.3 is 10.8 Å². The van der Waals surface area contributed by atoms with E-state index in [9.17, 15) is 5.11 Å². The minimum atomic E-state index is -0.0456. The van der Waals surface area contributed by atoms with Crippen LogP contribution in [0.15, 0.2) is 35.6 Å². The van der Waals surface area contributed by atoms with E-state index in [-0.39, 0.29) is 17.9 Å². The molecule has 0 fully saturated rings. The van der Waals surface area contributed by atoms with E-state index in [4.69, 9.17) is 5.73 Å². The maximum atomic E-state index is 9.60. The van der Waals surface area contributed by atoms with Gasteiger partial charge in [-0.05, 0) is 18.4 Å². The number of aliphatic hydroxyl groups is 1. The molecule has 0 aliphatic heterocycles. The van der Waals surface area contributed by atoms with Gasteiger partial charge in [0.2, 0.25) is 0 Å². The van der Waals surface area contributed by atoms with E-state index < -0.39 is 0 Å². The Kier molecular flexibility index (Phi) is 5.34. The monoisotopic (exact) mass is 291 g/mol. The molecule has 2 atom stereocenters. The lowest BCUT2D eigenvalue weighted by molar-refractivity contribution is 0.275. The third kappa shape index (κ3) is 3.69. The molecule has 108 valence electrons. The largest absolute Gasteiger partial charge is 0.395 e. The molecule has 2 aromatic rings. The number of para-hydroxylation sites is 1. The number of aromatic nitrogens is 2. The Hall–Kier alpha value is -1.17. The molecule has 1 aromatic heterocycles. The van der Waals surface area contributed by atoms with E-state index in [1.165, 1.54) is 0 Å². The number of fused-ring (bicyclic) bond motifs is 1. The van der Waals surface area contributed by atoms with Crippen LogP contribution < -0.4 is 5.73 Å². The van der Waals surface area contributed by atoms with Crippen molar-refractivity contribution in [1.29, 1.82) is 0 Å². The molecule has 2 unspecified atom stereocenters. The zero-order valence-corrected chi connectivity index (χ0v) is 12.7. The van der Waals surface area contributed by atoms with Gasteiger partial charge in [-0.2, -0.15) is 0 Å². The molecule has 0 spiro atoms. The van der Waals surface area contributed by atoms with Gasteiger partial charge in [-0.25, -0.2) is 9.97 Å². The van der Waals surface area contributed by atoms with E-state index in [2.05, 4.69) is 23.8 Å². The average Bonchev–Trinajstić information content (AvgIpc) is 2.44. The highest BCUT2D eigenvalue weighted by Gasteiger charge is 2.21. The van der Waals surface area contributed by atoms with Gasteiger partial charge in [0.15, 0.2) is 0 Å². The van der Waals surface area contributed by atoms with Crippen LogP contribution in [0.2, 0.25) is 0 Å². The van der Waals surface area contributed by atoms with Gasteiger partial charge in [0.25, 0.3) is 0 Å². The number of nitrogens with zero attached hydrogens (tertiary/aromatic N) is 2. The van der Waals surface area contributed by atoms with Crippen molar-refractivity contribution >= 4 is 22.7 Å². The summed E-state index contributed by atoms with van der Waals surface area (Å²) in [4.78, 5) is 8.59. The van der Waals surface area contributed by atoms with Gasteiger partial charge in [0.05, 0.1) is 12.1 Å². The van der Waals surface area contributed by atoms with Crippen LogP contribution in [0.5, 0.6) is 0 Å². The molecule has 20 heavy (non-hydrogen) atoms. The van der Waals surface area contributed by atoms with Crippen molar-refractivity contribution in [2.45, 2.75) is 36.6 Å². The summed E-state index contributed by atoms with van der Waals surface area (Å²) in [6, 6.07) is 7.84. The first-order valence-electron chi connectivity index (χ1n) is 6.84. The summed E-state index contributed by atoms with van der Waals surface area (Å²) in [5.74, 6) is 0.516. The van der Waals surface area contributed by atoms with Crippen molar-refractivity contribution in [3.63, 3.8) is 0 Å². The molecule has 2 rings (SSSR count). The van der Waals surface area contributed by atoms with Crippen molar-refractivity contribution in [2.75, 3.05) is 6.61 Å². The predicted octanol–water partition coefficient (Wildman–Crippen LogP) is 2.46. The molecule has 4 nitrogen and oxygen atoms in total. The topological polar surface area (TPSA) is 72.0 Å². The Morgan fingerprint density at radius 1 is 1.25 bits per heavy atom. The highest BCUT2D eigenvalue weighted by atomic mass is 32.2. The molecular formula is C15H21N3OS. The average molecular weight is 291 g/mol. The van der Waals surface area contributed by atoms with Gasteiger partial charge in [0, 0.05) is 16.7 Å². The van der Waals surface area contributed by atoms with Crippen LogP contribution >= 0.6 is 11.8 Å². The highest BCUT2D eigenvalue weighted by molar-refractivity contribution is 8.00. The summed E-state index contributed by atoms with van der Waals surface area (Å²) in [5.41, 5.74) is 7.11. The summed E-state index contributed by atoms with van der Waals surface area (Å²) < 4.78 is 0. The maximum Gasteiger partial charge on any atom is 0.117 e. The van der Waals surface area contributed by atoms with Gasteiger partial charge in [-0.1, -0.05) is 43.8 Å². The van der Waals surface area contributed by atoms with Crippen LogP contribution in [0.3, 0.4) is 0 Å². The van der Waals surface area contributed by atoms with E-state index in [1.54, 1.807) is 18.1 Å². The Bertz CT molecular complexity index is 556.